The second-order valence-electron chi connectivity index (χ2n) is 6.05. The number of nitrogens with zero attached hydrogens (tertiary/aromatic N) is 1. The van der Waals surface area contributed by atoms with Gasteiger partial charge in [0.15, 0.2) is 0 Å². The topological polar surface area (TPSA) is 26.6 Å². The first-order chi connectivity index (χ1) is 9.52. The van der Waals surface area contributed by atoms with Gasteiger partial charge in [0.2, 0.25) is 0 Å². The number of H-pyrrole nitrogens is 1. The molecule has 0 amide bonds. The number of aryl methyl sites for hydroxylation is 2. The van der Waals surface area contributed by atoms with Gasteiger partial charge in [-0.05, 0) is 45.4 Å². The molecule has 3 rings (SSSR count). The Labute approximate surface area is 120 Å². The van der Waals surface area contributed by atoms with Crippen LogP contribution in [0.4, 0.5) is 5.82 Å². The van der Waals surface area contributed by atoms with Crippen LogP contribution in [0.15, 0.2) is 24.3 Å². The Morgan fingerprint density at radius 3 is 2.50 bits per heavy atom. The normalized spacial score (nSPS) is 23.3. The first kappa shape index (κ1) is 13.4. The van der Waals surface area contributed by atoms with Crippen molar-refractivity contribution in [2.24, 2.45) is 0 Å². The predicted molar refractivity (Wildman–Crippen MR) is 82.2 cm³/mol. The van der Waals surface area contributed by atoms with Crippen molar-refractivity contribution in [3.8, 4) is 0 Å². The third-order valence-electron chi connectivity index (χ3n) is 3.94. The maximum atomic E-state index is 5.83. The molecule has 1 aromatic heterocycles. The van der Waals surface area contributed by atoms with Crippen molar-refractivity contribution in [1.29, 1.82) is 0 Å². The summed E-state index contributed by atoms with van der Waals surface area (Å²) >= 11 is 0. The maximum absolute atomic E-state index is 5.83. The number of rotatable bonds is 1. The minimum atomic E-state index is 0.278. The first-order valence-corrected chi connectivity index (χ1v) is 7.36. The minimum absolute atomic E-state index is 0.278. The average molecular weight is 271 g/mol. The number of anilines is 1. The monoisotopic (exact) mass is 271 g/mol. The van der Waals surface area contributed by atoms with E-state index in [0.29, 0.717) is 0 Å². The molecule has 3 nitrogen and oxygen atoms in total. The fourth-order valence-corrected chi connectivity index (χ4v) is 3.12. The molecule has 0 saturated carbocycles. The van der Waals surface area contributed by atoms with Crippen LogP contribution in [0.5, 0.6) is 0 Å². The third-order valence-corrected chi connectivity index (χ3v) is 3.94. The number of benzene rings is 1. The molecule has 0 aliphatic carbocycles. The zero-order valence-electron chi connectivity index (χ0n) is 12.7. The summed E-state index contributed by atoms with van der Waals surface area (Å²) in [6.45, 7) is 10.5. The summed E-state index contributed by atoms with van der Waals surface area (Å²) in [5.74, 6) is 1.23. The molecule has 1 saturated heterocycles. The summed E-state index contributed by atoms with van der Waals surface area (Å²) in [6, 6.07) is 8.83. The highest BCUT2D eigenvalue weighted by molar-refractivity contribution is 5.78. The Kier molecular flexibility index (Phi) is 3.38. The summed E-state index contributed by atoms with van der Waals surface area (Å²) in [5.41, 5.74) is 3.78. The fourth-order valence-electron chi connectivity index (χ4n) is 3.12. The Morgan fingerprint density at radius 2 is 1.80 bits per heavy atom. The van der Waals surface area contributed by atoms with Crippen molar-refractivity contribution in [3.63, 3.8) is 0 Å². The molecule has 2 aromatic rings. The largest absolute Gasteiger partial charge is 0.367 e. The number of hydrogen-bond acceptors (Lipinski definition) is 2. The fraction of sp³-hybridized carbons (Fsp3) is 0.471. The van der Waals surface area contributed by atoms with Crippen LogP contribution in [-0.4, -0.2) is 25.3 Å². The van der Waals surface area contributed by atoms with E-state index in [2.05, 4.69) is 61.8 Å². The van der Waals surface area contributed by atoms with Gasteiger partial charge >= 0.3 is 0 Å². The van der Waals surface area contributed by atoms with Gasteiger partial charge < -0.3 is 4.74 Å². The molecule has 0 spiro atoms. The van der Waals surface area contributed by atoms with Crippen LogP contribution in [0.25, 0.3) is 10.9 Å². The van der Waals surface area contributed by atoms with E-state index < -0.39 is 0 Å². The highest BCUT2D eigenvalue weighted by atomic mass is 16.5. The molecule has 1 N–H and O–H groups in total. The van der Waals surface area contributed by atoms with Gasteiger partial charge in [-0.1, -0.05) is 12.1 Å². The lowest BCUT2D eigenvalue weighted by Crippen LogP contribution is -2.47. The van der Waals surface area contributed by atoms with Gasteiger partial charge in [-0.3, -0.25) is 4.90 Å². The summed E-state index contributed by atoms with van der Waals surface area (Å²) in [7, 11) is 0. The van der Waals surface area contributed by atoms with Gasteiger partial charge in [-0.15, -0.1) is 0 Å². The standard InChI is InChI=1S/C17H22N2O/c1-11-5-6-15-8-12(2)17(18-16(15)7-11)19-9-13(3)20-14(4)10-19/h5-8,13-14H,9-10H2,1-4H3/p+1/t13-,14-/m0/s1. The van der Waals surface area contributed by atoms with E-state index in [1.807, 2.05) is 0 Å². The van der Waals surface area contributed by atoms with E-state index in [4.69, 9.17) is 4.74 Å². The van der Waals surface area contributed by atoms with E-state index >= 15 is 0 Å². The molecule has 1 aromatic carbocycles. The number of ether oxygens (including phenoxy) is 1. The van der Waals surface area contributed by atoms with E-state index in [1.54, 1.807) is 0 Å². The molecule has 1 aliphatic rings. The van der Waals surface area contributed by atoms with Crippen molar-refractivity contribution in [1.82, 2.24) is 0 Å². The highest BCUT2D eigenvalue weighted by Crippen LogP contribution is 2.23. The molecule has 0 radical (unpaired) electrons. The van der Waals surface area contributed by atoms with Gasteiger partial charge in [0.1, 0.15) is 18.6 Å². The van der Waals surface area contributed by atoms with Crippen molar-refractivity contribution in [2.45, 2.75) is 39.9 Å². The van der Waals surface area contributed by atoms with Gasteiger partial charge in [0.05, 0.1) is 12.2 Å². The molecule has 1 aliphatic heterocycles. The summed E-state index contributed by atoms with van der Waals surface area (Å²) in [6.07, 6.45) is 0.555. The minimum Gasteiger partial charge on any atom is -0.367 e. The van der Waals surface area contributed by atoms with Gasteiger partial charge in [-0.25, -0.2) is 4.98 Å². The second-order valence-corrected chi connectivity index (χ2v) is 6.05. The number of hydrogen-bond donors (Lipinski definition) is 0. The van der Waals surface area contributed by atoms with Crippen molar-refractivity contribution >= 4 is 16.7 Å². The third kappa shape index (κ3) is 2.50. The Balaban J connectivity index is 2.04. The van der Waals surface area contributed by atoms with Crippen LogP contribution in [0.1, 0.15) is 25.0 Å². The van der Waals surface area contributed by atoms with Crippen LogP contribution in [-0.2, 0) is 4.74 Å². The lowest BCUT2D eigenvalue weighted by molar-refractivity contribution is -0.332. The number of aromatic amines is 1. The number of pyridine rings is 1. The zero-order chi connectivity index (χ0) is 14.3. The number of fused-ring (bicyclic) bond motifs is 1. The number of aromatic nitrogens is 1. The molecular weight excluding hydrogens is 248 g/mol. The summed E-state index contributed by atoms with van der Waals surface area (Å²) in [5, 5.41) is 1.27. The van der Waals surface area contributed by atoms with E-state index in [0.717, 1.165) is 13.1 Å². The van der Waals surface area contributed by atoms with E-state index in [9.17, 15) is 0 Å². The first-order valence-electron chi connectivity index (χ1n) is 7.36. The van der Waals surface area contributed by atoms with Gasteiger partial charge in [-0.2, -0.15) is 0 Å². The lowest BCUT2D eigenvalue weighted by atomic mass is 10.1. The van der Waals surface area contributed by atoms with E-state index in [1.165, 1.54) is 27.8 Å². The lowest BCUT2D eigenvalue weighted by Gasteiger charge is -2.31. The van der Waals surface area contributed by atoms with Crippen LogP contribution in [0.3, 0.4) is 0 Å². The van der Waals surface area contributed by atoms with Crippen LogP contribution in [0.2, 0.25) is 0 Å². The van der Waals surface area contributed by atoms with Crippen molar-refractivity contribution < 1.29 is 9.72 Å². The smallest absolute Gasteiger partial charge is 0.277 e. The van der Waals surface area contributed by atoms with E-state index in [-0.39, 0.29) is 12.2 Å². The molecule has 106 valence electrons. The SMILES string of the molecule is Cc1ccc2cc(C)c(N3C[C@H](C)O[C@@H](C)C3)[nH+]c2c1. The Morgan fingerprint density at radius 1 is 1.10 bits per heavy atom. The average Bonchev–Trinajstić information content (AvgIpc) is 2.37. The number of nitrogens with one attached hydrogen (secondary N) is 1. The molecule has 2 atom stereocenters. The summed E-state index contributed by atoms with van der Waals surface area (Å²) in [4.78, 5) is 6.03. The molecule has 2 heterocycles. The zero-order valence-corrected chi connectivity index (χ0v) is 12.7. The molecule has 0 unspecified atom stereocenters. The Hall–Kier alpha value is -1.61. The highest BCUT2D eigenvalue weighted by Gasteiger charge is 2.29. The van der Waals surface area contributed by atoms with Crippen LogP contribution < -0.4 is 9.88 Å². The van der Waals surface area contributed by atoms with Crippen LogP contribution >= 0.6 is 0 Å². The molecule has 3 heteroatoms. The molecule has 1 fully saturated rings. The van der Waals surface area contributed by atoms with Crippen molar-refractivity contribution in [3.05, 3.63) is 35.4 Å². The quantitative estimate of drug-likeness (QED) is 0.797. The second kappa shape index (κ2) is 5.06. The molecule has 20 heavy (non-hydrogen) atoms. The van der Waals surface area contributed by atoms with Gasteiger partial charge in [0.25, 0.3) is 5.82 Å². The van der Waals surface area contributed by atoms with Crippen molar-refractivity contribution in [2.75, 3.05) is 18.0 Å². The number of morpholine rings is 1. The molecular formula is C17H23N2O+. The Bertz CT molecular complexity index is 628. The predicted octanol–water partition coefficient (Wildman–Crippen LogP) is 2.88. The van der Waals surface area contributed by atoms with Crippen LogP contribution in [0, 0.1) is 13.8 Å². The molecule has 0 bridgehead atoms. The summed E-state index contributed by atoms with van der Waals surface area (Å²) < 4.78 is 5.83. The maximum Gasteiger partial charge on any atom is 0.277 e. The van der Waals surface area contributed by atoms with Gasteiger partial charge in [0, 0.05) is 10.9 Å².